The van der Waals surface area contributed by atoms with Gasteiger partial charge in [0, 0.05) is 46.5 Å². The van der Waals surface area contributed by atoms with Gasteiger partial charge in [0.2, 0.25) is 0 Å². The van der Waals surface area contributed by atoms with E-state index >= 15 is 0 Å². The molecule has 1 atom stereocenters. The van der Waals surface area contributed by atoms with E-state index in [9.17, 15) is 0 Å². The quantitative estimate of drug-likeness (QED) is 0.196. The number of nitrogens with zero attached hydrogens (tertiary/aromatic N) is 2. The van der Waals surface area contributed by atoms with Crippen molar-refractivity contribution in [1.82, 2.24) is 15.5 Å². The van der Waals surface area contributed by atoms with Crippen LogP contribution < -0.4 is 10.6 Å². The maximum absolute atomic E-state index is 5.80. The normalized spacial score (nSPS) is 21.9. The molecule has 2 heterocycles. The Bertz CT molecular complexity index is 387. The second-order valence-corrected chi connectivity index (χ2v) is 7.13. The first-order valence-electron chi connectivity index (χ1n) is 10.2. The Morgan fingerprint density at radius 2 is 2.00 bits per heavy atom. The fourth-order valence-electron chi connectivity index (χ4n) is 3.35. The molecule has 0 aromatic rings. The standard InChI is InChI=1S/C19H38N4O3.HI/c1-3-20-19(21-8-4-12-26-18-7-13-25-16-18)22-15-17-5-9-23(10-6-17)11-14-24-2;/h17-18H,3-16H2,1-2H3,(H2,20,21,22);1H. The molecule has 7 nitrogen and oxygen atoms in total. The number of ether oxygens (including phenoxy) is 3. The van der Waals surface area contributed by atoms with E-state index in [1.54, 1.807) is 7.11 Å². The smallest absolute Gasteiger partial charge is 0.191 e. The molecule has 0 saturated carbocycles. The minimum Gasteiger partial charge on any atom is -0.383 e. The molecule has 2 fully saturated rings. The molecule has 0 bridgehead atoms. The molecule has 1 unspecified atom stereocenters. The molecule has 0 amide bonds. The van der Waals surface area contributed by atoms with Crippen LogP contribution in [-0.4, -0.2) is 89.8 Å². The molecular formula is C19H39IN4O3. The molecular weight excluding hydrogens is 459 g/mol. The van der Waals surface area contributed by atoms with Crippen LogP contribution in [-0.2, 0) is 14.2 Å². The Labute approximate surface area is 182 Å². The Hall–Kier alpha value is -0.160. The fraction of sp³-hybridized carbons (Fsp3) is 0.947. The Kier molecular flexibility index (Phi) is 14.5. The molecule has 2 saturated heterocycles. The average Bonchev–Trinajstić information content (AvgIpc) is 3.18. The summed E-state index contributed by atoms with van der Waals surface area (Å²) in [7, 11) is 1.77. The zero-order valence-electron chi connectivity index (χ0n) is 17.1. The summed E-state index contributed by atoms with van der Waals surface area (Å²) in [5, 5.41) is 6.77. The van der Waals surface area contributed by atoms with Crippen LogP contribution in [0.25, 0.3) is 0 Å². The van der Waals surface area contributed by atoms with Crippen molar-refractivity contribution in [3.05, 3.63) is 0 Å². The maximum Gasteiger partial charge on any atom is 0.191 e. The van der Waals surface area contributed by atoms with Crippen LogP contribution in [0.2, 0.25) is 0 Å². The maximum atomic E-state index is 5.80. The Morgan fingerprint density at radius 3 is 2.67 bits per heavy atom. The Balaban J connectivity index is 0.00000364. The van der Waals surface area contributed by atoms with Gasteiger partial charge in [-0.15, -0.1) is 24.0 Å². The van der Waals surface area contributed by atoms with Gasteiger partial charge in [0.15, 0.2) is 5.96 Å². The van der Waals surface area contributed by atoms with Gasteiger partial charge in [0.1, 0.15) is 0 Å². The van der Waals surface area contributed by atoms with Crippen LogP contribution in [0.4, 0.5) is 0 Å². The van der Waals surface area contributed by atoms with Crippen LogP contribution in [0.1, 0.15) is 32.6 Å². The molecule has 8 heteroatoms. The lowest BCUT2D eigenvalue weighted by Gasteiger charge is -2.31. The summed E-state index contributed by atoms with van der Waals surface area (Å²) in [4.78, 5) is 7.28. The van der Waals surface area contributed by atoms with Crippen molar-refractivity contribution in [1.29, 1.82) is 0 Å². The van der Waals surface area contributed by atoms with Crippen molar-refractivity contribution < 1.29 is 14.2 Å². The predicted molar refractivity (Wildman–Crippen MR) is 120 cm³/mol. The van der Waals surface area contributed by atoms with Crippen LogP contribution in [0.15, 0.2) is 4.99 Å². The largest absolute Gasteiger partial charge is 0.383 e. The second kappa shape index (κ2) is 15.7. The van der Waals surface area contributed by atoms with Crippen molar-refractivity contribution >= 4 is 29.9 Å². The van der Waals surface area contributed by atoms with Gasteiger partial charge in [-0.2, -0.15) is 0 Å². The van der Waals surface area contributed by atoms with Crippen LogP contribution in [0.5, 0.6) is 0 Å². The van der Waals surface area contributed by atoms with E-state index in [1.807, 2.05) is 0 Å². The minimum absolute atomic E-state index is 0. The average molecular weight is 498 g/mol. The Morgan fingerprint density at radius 1 is 1.19 bits per heavy atom. The topological polar surface area (TPSA) is 67.4 Å². The highest BCUT2D eigenvalue weighted by Gasteiger charge is 2.18. The summed E-state index contributed by atoms with van der Waals surface area (Å²) in [6.07, 6.45) is 4.76. The van der Waals surface area contributed by atoms with Gasteiger partial charge in [0.25, 0.3) is 0 Å². The molecule has 2 aliphatic rings. The van der Waals surface area contributed by atoms with Crippen molar-refractivity contribution in [2.75, 3.05) is 72.8 Å². The van der Waals surface area contributed by atoms with Crippen molar-refractivity contribution in [3.63, 3.8) is 0 Å². The zero-order valence-corrected chi connectivity index (χ0v) is 19.4. The summed E-state index contributed by atoms with van der Waals surface area (Å²) in [6.45, 7) is 11.4. The van der Waals surface area contributed by atoms with E-state index in [-0.39, 0.29) is 24.0 Å². The van der Waals surface area contributed by atoms with E-state index in [4.69, 9.17) is 19.2 Å². The van der Waals surface area contributed by atoms with Crippen molar-refractivity contribution in [3.8, 4) is 0 Å². The number of halogens is 1. The number of hydrogen-bond acceptors (Lipinski definition) is 5. The molecule has 2 N–H and O–H groups in total. The van der Waals surface area contributed by atoms with Gasteiger partial charge < -0.3 is 29.7 Å². The summed E-state index contributed by atoms with van der Waals surface area (Å²) >= 11 is 0. The number of aliphatic imine (C=N–C) groups is 1. The summed E-state index contributed by atoms with van der Waals surface area (Å²) < 4.78 is 16.3. The number of guanidine groups is 1. The monoisotopic (exact) mass is 498 g/mol. The van der Waals surface area contributed by atoms with Crippen LogP contribution in [0.3, 0.4) is 0 Å². The molecule has 0 radical (unpaired) electrons. The molecule has 0 aromatic heterocycles. The number of piperidine rings is 1. The molecule has 160 valence electrons. The van der Waals surface area contributed by atoms with Crippen LogP contribution in [0, 0.1) is 5.92 Å². The fourth-order valence-corrected chi connectivity index (χ4v) is 3.35. The summed E-state index contributed by atoms with van der Waals surface area (Å²) in [5.74, 6) is 1.62. The van der Waals surface area contributed by atoms with Crippen LogP contribution >= 0.6 is 24.0 Å². The third kappa shape index (κ3) is 10.8. The lowest BCUT2D eigenvalue weighted by Crippen LogP contribution is -2.39. The first kappa shape index (κ1) is 24.9. The molecule has 0 aliphatic carbocycles. The highest BCUT2D eigenvalue weighted by Crippen LogP contribution is 2.17. The summed E-state index contributed by atoms with van der Waals surface area (Å²) in [6, 6.07) is 0. The lowest BCUT2D eigenvalue weighted by atomic mass is 9.97. The minimum atomic E-state index is 0. The second-order valence-electron chi connectivity index (χ2n) is 7.13. The third-order valence-corrected chi connectivity index (χ3v) is 5.03. The molecule has 2 aliphatic heterocycles. The number of hydrogen-bond donors (Lipinski definition) is 2. The zero-order chi connectivity index (χ0) is 18.5. The molecule has 0 aromatic carbocycles. The van der Waals surface area contributed by atoms with E-state index < -0.39 is 0 Å². The van der Waals surface area contributed by atoms with Gasteiger partial charge in [-0.3, -0.25) is 4.99 Å². The molecule has 27 heavy (non-hydrogen) atoms. The molecule has 2 rings (SSSR count). The highest BCUT2D eigenvalue weighted by molar-refractivity contribution is 14.0. The van der Waals surface area contributed by atoms with Gasteiger partial charge in [-0.25, -0.2) is 0 Å². The van der Waals surface area contributed by atoms with E-state index in [0.717, 1.165) is 84.5 Å². The number of rotatable bonds is 11. The highest BCUT2D eigenvalue weighted by atomic mass is 127. The van der Waals surface area contributed by atoms with E-state index in [0.29, 0.717) is 12.0 Å². The van der Waals surface area contributed by atoms with Gasteiger partial charge in [0.05, 0.1) is 19.3 Å². The number of likely N-dealkylation sites (tertiary alicyclic amines) is 1. The molecule has 0 spiro atoms. The lowest BCUT2D eigenvalue weighted by molar-refractivity contribution is 0.0420. The SMILES string of the molecule is CCNC(=NCC1CCN(CCOC)CC1)NCCCOC1CCOC1.I. The van der Waals surface area contributed by atoms with E-state index in [1.165, 1.54) is 12.8 Å². The predicted octanol–water partition coefficient (Wildman–Crippen LogP) is 1.71. The van der Waals surface area contributed by atoms with Crippen molar-refractivity contribution in [2.24, 2.45) is 10.9 Å². The third-order valence-electron chi connectivity index (χ3n) is 5.03. The van der Waals surface area contributed by atoms with Gasteiger partial charge in [-0.1, -0.05) is 0 Å². The van der Waals surface area contributed by atoms with Crippen molar-refractivity contribution in [2.45, 2.75) is 38.7 Å². The summed E-state index contributed by atoms with van der Waals surface area (Å²) in [5.41, 5.74) is 0. The number of nitrogens with one attached hydrogen (secondary N) is 2. The first-order valence-corrected chi connectivity index (χ1v) is 10.2. The van der Waals surface area contributed by atoms with Gasteiger partial charge >= 0.3 is 0 Å². The number of methoxy groups -OCH3 is 1. The van der Waals surface area contributed by atoms with E-state index in [2.05, 4.69) is 22.5 Å². The van der Waals surface area contributed by atoms with Gasteiger partial charge in [-0.05, 0) is 51.6 Å². The first-order chi connectivity index (χ1) is 12.8.